The number of nitrogens with one attached hydrogen (secondary N) is 1. The Balaban J connectivity index is 2.10. The first-order valence-electron chi connectivity index (χ1n) is 5.87. The van der Waals surface area contributed by atoms with Crippen LogP contribution in [0.4, 0.5) is 11.8 Å². The first kappa shape index (κ1) is 14.4. The van der Waals surface area contributed by atoms with Crippen LogP contribution in [0.2, 0.25) is 0 Å². The van der Waals surface area contributed by atoms with Crippen LogP contribution in [-0.4, -0.2) is 24.2 Å². The van der Waals surface area contributed by atoms with Crippen LogP contribution in [-0.2, 0) is 6.54 Å². The van der Waals surface area contributed by atoms with Gasteiger partial charge < -0.3 is 20.5 Å². The van der Waals surface area contributed by atoms with E-state index in [1.165, 1.54) is 0 Å². The van der Waals surface area contributed by atoms with E-state index < -0.39 is 0 Å². The second kappa shape index (κ2) is 6.42. The smallest absolute Gasteiger partial charge is 0.225 e. The van der Waals surface area contributed by atoms with Crippen molar-refractivity contribution in [2.45, 2.75) is 6.54 Å². The Bertz CT molecular complexity index is 587. The van der Waals surface area contributed by atoms with Crippen molar-refractivity contribution in [2.24, 2.45) is 0 Å². The number of methoxy groups -OCH3 is 2. The van der Waals surface area contributed by atoms with Crippen molar-refractivity contribution in [2.75, 3.05) is 25.3 Å². The Morgan fingerprint density at radius 3 is 2.55 bits per heavy atom. The van der Waals surface area contributed by atoms with E-state index in [0.717, 1.165) is 5.56 Å². The zero-order valence-electron chi connectivity index (χ0n) is 11.2. The second-order valence-electron chi connectivity index (χ2n) is 3.98. The molecule has 2 aromatic rings. The van der Waals surface area contributed by atoms with E-state index in [4.69, 9.17) is 15.2 Å². The Hall–Kier alpha value is -2.02. The van der Waals surface area contributed by atoms with Crippen LogP contribution in [0.25, 0.3) is 0 Å². The maximum Gasteiger partial charge on any atom is 0.225 e. The number of benzene rings is 1. The fraction of sp³-hybridized carbons (Fsp3) is 0.231. The van der Waals surface area contributed by atoms with Crippen LogP contribution in [0.3, 0.4) is 0 Å². The summed E-state index contributed by atoms with van der Waals surface area (Å²) >= 11 is 3.27. The predicted molar refractivity (Wildman–Crippen MR) is 81.0 cm³/mol. The summed E-state index contributed by atoms with van der Waals surface area (Å²) in [5, 5.41) is 3.10. The zero-order valence-corrected chi connectivity index (χ0v) is 12.8. The molecule has 0 bridgehead atoms. The highest BCUT2D eigenvalue weighted by Gasteiger charge is 2.05. The molecule has 7 heteroatoms. The number of ether oxygens (including phenoxy) is 2. The van der Waals surface area contributed by atoms with Gasteiger partial charge in [-0.1, -0.05) is 6.07 Å². The van der Waals surface area contributed by atoms with Crippen molar-refractivity contribution in [1.82, 2.24) is 9.97 Å². The molecule has 0 aliphatic carbocycles. The van der Waals surface area contributed by atoms with Crippen molar-refractivity contribution in [3.05, 3.63) is 34.4 Å². The van der Waals surface area contributed by atoms with Crippen LogP contribution in [0.5, 0.6) is 11.5 Å². The van der Waals surface area contributed by atoms with Gasteiger partial charge in [0.05, 0.1) is 14.2 Å². The quantitative estimate of drug-likeness (QED) is 0.815. The first-order chi connectivity index (χ1) is 9.62. The Labute approximate surface area is 125 Å². The lowest BCUT2D eigenvalue weighted by atomic mass is 10.2. The van der Waals surface area contributed by atoms with Gasteiger partial charge in [-0.25, -0.2) is 4.98 Å². The van der Waals surface area contributed by atoms with Crippen LogP contribution in [0.15, 0.2) is 28.9 Å². The van der Waals surface area contributed by atoms with E-state index in [9.17, 15) is 0 Å². The number of hydrogen-bond acceptors (Lipinski definition) is 6. The van der Waals surface area contributed by atoms with Gasteiger partial charge in [0, 0.05) is 12.6 Å². The number of nitrogen functional groups attached to an aromatic ring is 1. The summed E-state index contributed by atoms with van der Waals surface area (Å²) in [7, 11) is 3.21. The molecule has 0 fully saturated rings. The van der Waals surface area contributed by atoms with Gasteiger partial charge in [-0.15, -0.1) is 0 Å². The van der Waals surface area contributed by atoms with Crippen molar-refractivity contribution in [3.8, 4) is 11.5 Å². The fourth-order valence-electron chi connectivity index (χ4n) is 1.69. The molecule has 0 radical (unpaired) electrons. The normalized spacial score (nSPS) is 10.2. The summed E-state index contributed by atoms with van der Waals surface area (Å²) in [5.74, 6) is 2.24. The van der Waals surface area contributed by atoms with E-state index in [1.807, 2.05) is 18.2 Å². The van der Waals surface area contributed by atoms with Gasteiger partial charge in [0.25, 0.3) is 0 Å². The van der Waals surface area contributed by atoms with Gasteiger partial charge >= 0.3 is 0 Å². The maximum atomic E-state index is 5.65. The Kier molecular flexibility index (Phi) is 4.62. The summed E-state index contributed by atoms with van der Waals surface area (Å²) < 4.78 is 11.1. The molecule has 0 saturated heterocycles. The number of hydrogen-bond donors (Lipinski definition) is 2. The minimum absolute atomic E-state index is 0.404. The summed E-state index contributed by atoms with van der Waals surface area (Å²) in [5.41, 5.74) is 6.67. The molecule has 0 spiro atoms. The van der Waals surface area contributed by atoms with Gasteiger partial charge in [0.2, 0.25) is 5.95 Å². The molecular formula is C13H15BrN4O2. The van der Waals surface area contributed by atoms with Crippen molar-refractivity contribution in [1.29, 1.82) is 0 Å². The lowest BCUT2D eigenvalue weighted by molar-refractivity contribution is 0.354. The average molecular weight is 339 g/mol. The van der Waals surface area contributed by atoms with E-state index >= 15 is 0 Å². The molecule has 0 unspecified atom stereocenters. The molecule has 0 aliphatic rings. The molecular weight excluding hydrogens is 324 g/mol. The summed E-state index contributed by atoms with van der Waals surface area (Å²) in [6, 6.07) is 7.33. The van der Waals surface area contributed by atoms with Crippen molar-refractivity contribution in [3.63, 3.8) is 0 Å². The molecule has 0 aliphatic heterocycles. The molecule has 3 N–H and O–H groups in total. The monoisotopic (exact) mass is 338 g/mol. The number of anilines is 2. The zero-order chi connectivity index (χ0) is 14.5. The largest absolute Gasteiger partial charge is 0.493 e. The predicted octanol–water partition coefficient (Wildman–Crippen LogP) is 2.45. The minimum Gasteiger partial charge on any atom is -0.493 e. The number of nitrogens with zero attached hydrogens (tertiary/aromatic N) is 2. The molecule has 2 rings (SSSR count). The number of halogens is 1. The van der Waals surface area contributed by atoms with Gasteiger partial charge in [0.15, 0.2) is 11.5 Å². The molecule has 0 saturated carbocycles. The van der Waals surface area contributed by atoms with Crippen LogP contribution < -0.4 is 20.5 Å². The van der Waals surface area contributed by atoms with Gasteiger partial charge in [0.1, 0.15) is 10.4 Å². The molecule has 6 nitrogen and oxygen atoms in total. The highest BCUT2D eigenvalue weighted by molar-refractivity contribution is 9.10. The third kappa shape index (κ3) is 3.51. The molecule has 20 heavy (non-hydrogen) atoms. The molecule has 0 amide bonds. The van der Waals surface area contributed by atoms with Crippen LogP contribution in [0, 0.1) is 0 Å². The van der Waals surface area contributed by atoms with E-state index in [2.05, 4.69) is 31.2 Å². The van der Waals surface area contributed by atoms with Crippen LogP contribution >= 0.6 is 15.9 Å². The van der Waals surface area contributed by atoms with Gasteiger partial charge in [-0.2, -0.15) is 4.98 Å². The fourth-order valence-corrected chi connectivity index (χ4v) is 2.09. The molecule has 1 aromatic carbocycles. The summed E-state index contributed by atoms with van der Waals surface area (Å²) in [4.78, 5) is 8.28. The van der Waals surface area contributed by atoms with E-state index in [1.54, 1.807) is 20.3 Å². The average Bonchev–Trinajstić information content (AvgIpc) is 2.43. The highest BCUT2D eigenvalue weighted by Crippen LogP contribution is 2.27. The molecule has 106 valence electrons. The standard InChI is InChI=1S/C13H15BrN4O2/c1-19-9-4-3-8(5-10(9)20-2)7-16-13-17-11(14)6-12(15)18-13/h3-6H,7H2,1-2H3,(H3,15,16,17,18). The maximum absolute atomic E-state index is 5.65. The van der Waals surface area contributed by atoms with Gasteiger partial charge in [-0.05, 0) is 33.6 Å². The van der Waals surface area contributed by atoms with Crippen LogP contribution in [0.1, 0.15) is 5.56 Å². The second-order valence-corrected chi connectivity index (χ2v) is 4.79. The van der Waals surface area contributed by atoms with E-state index in [0.29, 0.717) is 34.4 Å². The van der Waals surface area contributed by atoms with Gasteiger partial charge in [-0.3, -0.25) is 0 Å². The first-order valence-corrected chi connectivity index (χ1v) is 6.66. The molecule has 1 aromatic heterocycles. The molecule has 0 atom stereocenters. The SMILES string of the molecule is COc1ccc(CNc2nc(N)cc(Br)n2)cc1OC. The molecule has 1 heterocycles. The van der Waals surface area contributed by atoms with Crippen molar-refractivity contribution < 1.29 is 9.47 Å². The Morgan fingerprint density at radius 1 is 1.15 bits per heavy atom. The minimum atomic E-state index is 0.404. The lowest BCUT2D eigenvalue weighted by Gasteiger charge is -2.10. The van der Waals surface area contributed by atoms with E-state index in [-0.39, 0.29) is 0 Å². The summed E-state index contributed by atoms with van der Waals surface area (Å²) in [6.45, 7) is 0.552. The number of aromatic nitrogens is 2. The van der Waals surface area contributed by atoms with Crippen molar-refractivity contribution >= 4 is 27.7 Å². The Morgan fingerprint density at radius 2 is 1.90 bits per heavy atom. The summed E-state index contributed by atoms with van der Waals surface area (Å²) in [6.07, 6.45) is 0. The topological polar surface area (TPSA) is 82.3 Å². The highest BCUT2D eigenvalue weighted by atomic mass is 79.9. The third-order valence-corrected chi connectivity index (χ3v) is 3.02. The number of rotatable bonds is 5. The third-order valence-electron chi connectivity index (χ3n) is 2.61. The number of nitrogens with two attached hydrogens (primary N) is 1. The lowest BCUT2D eigenvalue weighted by Crippen LogP contribution is -2.05.